The molecule has 0 fully saturated rings. The number of hydrogen-bond acceptors (Lipinski definition) is 4. The van der Waals surface area contributed by atoms with Crippen molar-refractivity contribution in [2.24, 2.45) is 0 Å². The Balaban J connectivity index is 1.95. The minimum absolute atomic E-state index is 0.0391. The molecule has 0 aliphatic carbocycles. The molecule has 136 valence electrons. The molecule has 0 spiro atoms. The van der Waals surface area contributed by atoms with Gasteiger partial charge < -0.3 is 25.1 Å². The quantitative estimate of drug-likeness (QED) is 0.749. The van der Waals surface area contributed by atoms with E-state index >= 15 is 0 Å². The maximum atomic E-state index is 12.1. The molecule has 2 aromatic rings. The standard InChI is InChI=1S/C19H27N3O3/c1-13(2)22(5)16-8-6-7-15(11-16)21-18(23)20-12-19(4,24)17-10-9-14(3)25-17/h6-11,13,24H,12H2,1-5H3,(H2,20,21,23). The molecule has 0 radical (unpaired) electrons. The van der Waals surface area contributed by atoms with Crippen molar-refractivity contribution in [3.8, 4) is 0 Å². The predicted octanol–water partition coefficient (Wildman–Crippen LogP) is 3.46. The fraction of sp³-hybridized carbons (Fsp3) is 0.421. The monoisotopic (exact) mass is 345 g/mol. The van der Waals surface area contributed by atoms with E-state index in [9.17, 15) is 9.90 Å². The molecule has 0 saturated carbocycles. The second-order valence-corrected chi connectivity index (χ2v) is 6.75. The van der Waals surface area contributed by atoms with Gasteiger partial charge in [0.15, 0.2) is 0 Å². The number of urea groups is 1. The van der Waals surface area contributed by atoms with Gasteiger partial charge in [-0.3, -0.25) is 0 Å². The summed E-state index contributed by atoms with van der Waals surface area (Å²) in [5.41, 5.74) is 0.438. The van der Waals surface area contributed by atoms with Crippen molar-refractivity contribution in [1.82, 2.24) is 5.32 Å². The lowest BCUT2D eigenvalue weighted by Gasteiger charge is -2.24. The highest BCUT2D eigenvalue weighted by atomic mass is 16.4. The zero-order chi connectivity index (χ0) is 18.6. The van der Waals surface area contributed by atoms with Crippen molar-refractivity contribution in [3.05, 3.63) is 47.9 Å². The third-order valence-electron chi connectivity index (χ3n) is 4.15. The molecule has 0 bridgehead atoms. The molecule has 0 saturated heterocycles. The molecule has 3 N–H and O–H groups in total. The molecule has 6 heteroatoms. The van der Waals surface area contributed by atoms with Crippen LogP contribution in [0.3, 0.4) is 0 Å². The van der Waals surface area contributed by atoms with Crippen LogP contribution in [0.2, 0.25) is 0 Å². The van der Waals surface area contributed by atoms with E-state index in [0.717, 1.165) is 5.69 Å². The van der Waals surface area contributed by atoms with Crippen molar-refractivity contribution < 1.29 is 14.3 Å². The first-order chi connectivity index (χ1) is 11.7. The summed E-state index contributed by atoms with van der Waals surface area (Å²) in [7, 11) is 2.01. The van der Waals surface area contributed by atoms with E-state index in [4.69, 9.17) is 4.42 Å². The van der Waals surface area contributed by atoms with Crippen LogP contribution in [-0.2, 0) is 5.60 Å². The fourth-order valence-corrected chi connectivity index (χ4v) is 2.34. The average molecular weight is 345 g/mol. The molecular formula is C19H27N3O3. The highest BCUT2D eigenvalue weighted by Gasteiger charge is 2.27. The van der Waals surface area contributed by atoms with Crippen LogP contribution in [0.5, 0.6) is 0 Å². The van der Waals surface area contributed by atoms with Gasteiger partial charge in [0.05, 0.1) is 6.54 Å². The second-order valence-electron chi connectivity index (χ2n) is 6.75. The molecule has 1 aromatic carbocycles. The Bertz CT molecular complexity index is 722. The van der Waals surface area contributed by atoms with Crippen LogP contribution in [0, 0.1) is 6.92 Å². The number of nitrogens with zero attached hydrogens (tertiary/aromatic N) is 1. The summed E-state index contributed by atoms with van der Waals surface area (Å²) < 4.78 is 5.44. The summed E-state index contributed by atoms with van der Waals surface area (Å²) in [5.74, 6) is 1.14. The summed E-state index contributed by atoms with van der Waals surface area (Å²) in [4.78, 5) is 14.3. The zero-order valence-electron chi connectivity index (χ0n) is 15.5. The smallest absolute Gasteiger partial charge is 0.319 e. The van der Waals surface area contributed by atoms with Crippen LogP contribution in [0.15, 0.2) is 40.8 Å². The van der Waals surface area contributed by atoms with Gasteiger partial charge in [-0.15, -0.1) is 0 Å². The number of carbonyl (C=O) groups excluding carboxylic acids is 1. The lowest BCUT2D eigenvalue weighted by atomic mass is 10.0. The number of rotatable bonds is 6. The summed E-state index contributed by atoms with van der Waals surface area (Å²) >= 11 is 0. The first kappa shape index (κ1) is 18.9. The Morgan fingerprint density at radius 3 is 2.64 bits per heavy atom. The summed E-state index contributed by atoms with van der Waals surface area (Å²) in [6, 6.07) is 11.1. The lowest BCUT2D eigenvalue weighted by Crippen LogP contribution is -2.40. The van der Waals surface area contributed by atoms with Crippen LogP contribution in [0.4, 0.5) is 16.2 Å². The number of anilines is 2. The lowest BCUT2D eigenvalue weighted by molar-refractivity contribution is 0.0364. The molecule has 1 unspecified atom stereocenters. The Labute approximate surface area is 148 Å². The number of hydrogen-bond donors (Lipinski definition) is 3. The van der Waals surface area contributed by atoms with Crippen LogP contribution >= 0.6 is 0 Å². The van der Waals surface area contributed by atoms with Gasteiger partial charge in [0, 0.05) is 24.5 Å². The maximum absolute atomic E-state index is 12.1. The van der Waals surface area contributed by atoms with Crippen LogP contribution in [-0.4, -0.2) is 30.8 Å². The van der Waals surface area contributed by atoms with E-state index in [2.05, 4.69) is 29.4 Å². The van der Waals surface area contributed by atoms with Gasteiger partial charge in [0.1, 0.15) is 17.1 Å². The Kier molecular flexibility index (Phi) is 5.74. The summed E-state index contributed by atoms with van der Waals surface area (Å²) in [6.07, 6.45) is 0. The normalized spacial score (nSPS) is 13.4. The van der Waals surface area contributed by atoms with Gasteiger partial charge in [-0.05, 0) is 58.0 Å². The number of furan rings is 1. The summed E-state index contributed by atoms with van der Waals surface area (Å²) in [6.45, 7) is 7.65. The van der Waals surface area contributed by atoms with E-state index in [1.54, 1.807) is 26.0 Å². The maximum Gasteiger partial charge on any atom is 0.319 e. The molecule has 2 amide bonds. The molecule has 1 aromatic heterocycles. The van der Waals surface area contributed by atoms with E-state index in [0.29, 0.717) is 23.2 Å². The first-order valence-electron chi connectivity index (χ1n) is 8.36. The molecular weight excluding hydrogens is 318 g/mol. The number of amides is 2. The average Bonchev–Trinajstić information content (AvgIpc) is 3.00. The van der Waals surface area contributed by atoms with E-state index in [1.165, 1.54) is 0 Å². The molecule has 0 aliphatic heterocycles. The van der Waals surface area contributed by atoms with Crippen molar-refractivity contribution in [1.29, 1.82) is 0 Å². The van der Waals surface area contributed by atoms with Crippen molar-refractivity contribution >= 4 is 17.4 Å². The number of aliphatic hydroxyl groups is 1. The minimum Gasteiger partial charge on any atom is -0.463 e. The molecule has 1 heterocycles. The van der Waals surface area contributed by atoms with Gasteiger partial charge in [-0.25, -0.2) is 4.79 Å². The molecule has 0 aliphatic rings. The number of nitrogens with one attached hydrogen (secondary N) is 2. The predicted molar refractivity (Wildman–Crippen MR) is 100 cm³/mol. The van der Waals surface area contributed by atoms with Gasteiger partial charge >= 0.3 is 6.03 Å². The number of carbonyl (C=O) groups is 1. The van der Waals surface area contributed by atoms with Gasteiger partial charge in [-0.1, -0.05) is 6.07 Å². The number of benzene rings is 1. The molecule has 1 atom stereocenters. The Hall–Kier alpha value is -2.47. The number of aryl methyl sites for hydroxylation is 1. The van der Waals surface area contributed by atoms with E-state index in [1.807, 2.05) is 31.3 Å². The van der Waals surface area contributed by atoms with Gasteiger partial charge in [0.25, 0.3) is 0 Å². The highest BCUT2D eigenvalue weighted by Crippen LogP contribution is 2.22. The van der Waals surface area contributed by atoms with Crippen molar-refractivity contribution in [2.75, 3.05) is 23.8 Å². The first-order valence-corrected chi connectivity index (χ1v) is 8.36. The molecule has 6 nitrogen and oxygen atoms in total. The fourth-order valence-electron chi connectivity index (χ4n) is 2.34. The van der Waals surface area contributed by atoms with Crippen LogP contribution in [0.1, 0.15) is 32.3 Å². The topological polar surface area (TPSA) is 77.7 Å². The van der Waals surface area contributed by atoms with E-state index in [-0.39, 0.29) is 12.6 Å². The van der Waals surface area contributed by atoms with Crippen LogP contribution in [0.25, 0.3) is 0 Å². The highest BCUT2D eigenvalue weighted by molar-refractivity contribution is 5.89. The second kappa shape index (κ2) is 7.61. The Morgan fingerprint density at radius 1 is 1.32 bits per heavy atom. The van der Waals surface area contributed by atoms with E-state index < -0.39 is 5.60 Å². The largest absolute Gasteiger partial charge is 0.463 e. The SMILES string of the molecule is Cc1ccc(C(C)(O)CNC(=O)Nc2cccc(N(C)C(C)C)c2)o1. The Morgan fingerprint density at radius 2 is 2.04 bits per heavy atom. The van der Waals surface area contributed by atoms with Gasteiger partial charge in [-0.2, -0.15) is 0 Å². The van der Waals surface area contributed by atoms with Crippen molar-refractivity contribution in [2.45, 2.75) is 39.3 Å². The minimum atomic E-state index is -1.27. The van der Waals surface area contributed by atoms with Crippen LogP contribution < -0.4 is 15.5 Å². The van der Waals surface area contributed by atoms with Gasteiger partial charge in [0.2, 0.25) is 0 Å². The zero-order valence-corrected chi connectivity index (χ0v) is 15.5. The van der Waals surface area contributed by atoms with Crippen molar-refractivity contribution in [3.63, 3.8) is 0 Å². The molecule has 25 heavy (non-hydrogen) atoms. The third-order valence-corrected chi connectivity index (χ3v) is 4.15. The molecule has 2 rings (SSSR count). The summed E-state index contributed by atoms with van der Waals surface area (Å²) in [5, 5.41) is 15.9. The third kappa shape index (κ3) is 5.00.